The fourth-order valence-corrected chi connectivity index (χ4v) is 2.58. The van der Waals surface area contributed by atoms with Gasteiger partial charge in [0, 0.05) is 18.5 Å². The second kappa shape index (κ2) is 6.00. The van der Waals surface area contributed by atoms with Gasteiger partial charge in [0.1, 0.15) is 11.9 Å². The van der Waals surface area contributed by atoms with Gasteiger partial charge in [-0.25, -0.2) is 0 Å². The first-order valence-corrected chi connectivity index (χ1v) is 7.30. The largest absolute Gasteiger partial charge is 0.489 e. The third-order valence-electron chi connectivity index (χ3n) is 3.78. The second-order valence-corrected chi connectivity index (χ2v) is 5.46. The monoisotopic (exact) mass is 281 g/mol. The van der Waals surface area contributed by atoms with Crippen LogP contribution >= 0.6 is 0 Å². The quantitative estimate of drug-likeness (QED) is 0.864. The summed E-state index contributed by atoms with van der Waals surface area (Å²) < 4.78 is 5.92. The lowest BCUT2D eigenvalue weighted by Gasteiger charge is -2.17. The number of aryl methyl sites for hydroxylation is 1. The maximum atomic E-state index is 12.4. The van der Waals surface area contributed by atoms with Gasteiger partial charge in [0.05, 0.1) is 6.54 Å². The van der Waals surface area contributed by atoms with Crippen LogP contribution in [-0.2, 0) is 0 Å². The van der Waals surface area contributed by atoms with Gasteiger partial charge in [-0.05, 0) is 31.2 Å². The summed E-state index contributed by atoms with van der Waals surface area (Å²) in [6, 6.07) is 17.5. The van der Waals surface area contributed by atoms with Crippen molar-refractivity contribution in [1.29, 1.82) is 0 Å². The van der Waals surface area contributed by atoms with E-state index in [9.17, 15) is 4.79 Å². The molecule has 0 radical (unpaired) electrons. The Morgan fingerprint density at radius 1 is 1.10 bits per heavy atom. The van der Waals surface area contributed by atoms with Crippen LogP contribution in [0.2, 0.25) is 0 Å². The molecule has 0 bridgehead atoms. The van der Waals surface area contributed by atoms with Crippen LogP contribution in [0.4, 0.5) is 0 Å². The Labute approximate surface area is 125 Å². The molecular formula is C18H19NO2. The summed E-state index contributed by atoms with van der Waals surface area (Å²) in [7, 11) is 0. The number of ether oxygens (including phenoxy) is 1. The predicted molar refractivity (Wildman–Crippen MR) is 82.6 cm³/mol. The summed E-state index contributed by atoms with van der Waals surface area (Å²) in [5, 5.41) is 0. The number of rotatable bonds is 3. The first kappa shape index (κ1) is 13.7. The molecule has 3 heteroatoms. The standard InChI is InChI=1S/C18H19NO2/c1-14-7-9-15(10-8-14)18(20)19-12-11-17(13-19)21-16-5-3-2-4-6-16/h2-10,17H,11-13H2,1H3. The minimum absolute atomic E-state index is 0.0850. The SMILES string of the molecule is Cc1ccc(C(=O)N2CCC(Oc3ccccc3)C2)cc1. The molecule has 1 atom stereocenters. The van der Waals surface area contributed by atoms with E-state index in [-0.39, 0.29) is 12.0 Å². The fourth-order valence-electron chi connectivity index (χ4n) is 2.58. The molecule has 1 heterocycles. The second-order valence-electron chi connectivity index (χ2n) is 5.46. The molecule has 1 fully saturated rings. The molecule has 0 aromatic heterocycles. The molecule has 3 rings (SSSR count). The Kier molecular flexibility index (Phi) is 3.91. The summed E-state index contributed by atoms with van der Waals surface area (Å²) >= 11 is 0. The molecule has 2 aromatic carbocycles. The first-order valence-electron chi connectivity index (χ1n) is 7.30. The molecule has 1 aliphatic heterocycles. The molecule has 0 saturated carbocycles. The average Bonchev–Trinajstić information content (AvgIpc) is 2.97. The zero-order valence-corrected chi connectivity index (χ0v) is 12.2. The normalized spacial score (nSPS) is 17.8. The summed E-state index contributed by atoms with van der Waals surface area (Å²) in [5.41, 5.74) is 1.92. The highest BCUT2D eigenvalue weighted by Crippen LogP contribution is 2.19. The minimum Gasteiger partial charge on any atom is -0.489 e. The minimum atomic E-state index is 0.0850. The molecule has 3 nitrogen and oxygen atoms in total. The molecule has 1 saturated heterocycles. The van der Waals surface area contributed by atoms with Crippen LogP contribution in [0.1, 0.15) is 22.3 Å². The number of nitrogens with zero attached hydrogens (tertiary/aromatic N) is 1. The van der Waals surface area contributed by atoms with Gasteiger partial charge >= 0.3 is 0 Å². The van der Waals surface area contributed by atoms with E-state index < -0.39 is 0 Å². The van der Waals surface area contributed by atoms with Crippen molar-refractivity contribution in [2.75, 3.05) is 13.1 Å². The first-order chi connectivity index (χ1) is 10.2. The van der Waals surface area contributed by atoms with Gasteiger partial charge in [0.25, 0.3) is 5.91 Å². The summed E-state index contributed by atoms with van der Waals surface area (Å²) in [6.45, 7) is 3.43. The summed E-state index contributed by atoms with van der Waals surface area (Å²) in [6.07, 6.45) is 0.966. The van der Waals surface area contributed by atoms with Gasteiger partial charge in [-0.15, -0.1) is 0 Å². The van der Waals surface area contributed by atoms with Crippen LogP contribution in [-0.4, -0.2) is 30.0 Å². The number of carbonyl (C=O) groups excluding carboxylic acids is 1. The van der Waals surface area contributed by atoms with E-state index in [4.69, 9.17) is 4.74 Å². The number of benzene rings is 2. The summed E-state index contributed by atoms with van der Waals surface area (Å²) in [5.74, 6) is 0.960. The van der Waals surface area contributed by atoms with Crippen molar-refractivity contribution in [2.24, 2.45) is 0 Å². The zero-order chi connectivity index (χ0) is 14.7. The number of carbonyl (C=O) groups is 1. The predicted octanol–water partition coefficient (Wildman–Crippen LogP) is 3.29. The summed E-state index contributed by atoms with van der Waals surface area (Å²) in [4.78, 5) is 14.3. The van der Waals surface area contributed by atoms with Crippen LogP contribution in [0.15, 0.2) is 54.6 Å². The zero-order valence-electron chi connectivity index (χ0n) is 12.2. The van der Waals surface area contributed by atoms with Gasteiger partial charge in [0.15, 0.2) is 0 Å². The highest BCUT2D eigenvalue weighted by molar-refractivity contribution is 5.94. The lowest BCUT2D eigenvalue weighted by Crippen LogP contribution is -2.30. The van der Waals surface area contributed by atoms with Crippen LogP contribution < -0.4 is 4.74 Å². The Balaban J connectivity index is 1.61. The molecule has 0 N–H and O–H groups in total. The number of likely N-dealkylation sites (tertiary alicyclic amines) is 1. The highest BCUT2D eigenvalue weighted by atomic mass is 16.5. The van der Waals surface area contributed by atoms with Crippen molar-refractivity contribution in [2.45, 2.75) is 19.4 Å². The Morgan fingerprint density at radius 2 is 1.81 bits per heavy atom. The van der Waals surface area contributed by atoms with E-state index in [1.54, 1.807) is 0 Å². The van der Waals surface area contributed by atoms with E-state index in [0.29, 0.717) is 6.54 Å². The van der Waals surface area contributed by atoms with E-state index in [0.717, 1.165) is 24.3 Å². The Morgan fingerprint density at radius 3 is 2.52 bits per heavy atom. The van der Waals surface area contributed by atoms with E-state index >= 15 is 0 Å². The van der Waals surface area contributed by atoms with Crippen molar-refractivity contribution >= 4 is 5.91 Å². The maximum Gasteiger partial charge on any atom is 0.253 e. The Bertz CT molecular complexity index is 607. The van der Waals surface area contributed by atoms with Gasteiger partial charge < -0.3 is 9.64 Å². The van der Waals surface area contributed by atoms with Crippen molar-refractivity contribution in [3.63, 3.8) is 0 Å². The van der Waals surface area contributed by atoms with E-state index in [1.807, 2.05) is 66.4 Å². The third kappa shape index (κ3) is 3.24. The van der Waals surface area contributed by atoms with Crippen molar-refractivity contribution in [3.05, 3.63) is 65.7 Å². The lowest BCUT2D eigenvalue weighted by atomic mass is 10.1. The molecule has 2 aromatic rings. The molecule has 0 spiro atoms. The third-order valence-corrected chi connectivity index (χ3v) is 3.78. The molecule has 108 valence electrons. The molecule has 0 aliphatic carbocycles. The van der Waals surface area contributed by atoms with E-state index in [1.165, 1.54) is 5.56 Å². The van der Waals surface area contributed by atoms with Gasteiger partial charge in [-0.3, -0.25) is 4.79 Å². The van der Waals surface area contributed by atoms with Crippen molar-refractivity contribution < 1.29 is 9.53 Å². The molecule has 1 aliphatic rings. The lowest BCUT2D eigenvalue weighted by molar-refractivity contribution is 0.0772. The highest BCUT2D eigenvalue weighted by Gasteiger charge is 2.28. The molecule has 1 amide bonds. The topological polar surface area (TPSA) is 29.5 Å². The molecular weight excluding hydrogens is 262 g/mol. The van der Waals surface area contributed by atoms with Crippen LogP contribution in [0.3, 0.4) is 0 Å². The Hall–Kier alpha value is -2.29. The van der Waals surface area contributed by atoms with Crippen LogP contribution in [0.5, 0.6) is 5.75 Å². The van der Waals surface area contributed by atoms with Crippen molar-refractivity contribution in [1.82, 2.24) is 4.90 Å². The number of hydrogen-bond donors (Lipinski definition) is 0. The molecule has 21 heavy (non-hydrogen) atoms. The van der Waals surface area contributed by atoms with Gasteiger partial charge in [0.2, 0.25) is 0 Å². The van der Waals surface area contributed by atoms with Crippen LogP contribution in [0, 0.1) is 6.92 Å². The van der Waals surface area contributed by atoms with Gasteiger partial charge in [-0.1, -0.05) is 35.9 Å². The number of hydrogen-bond acceptors (Lipinski definition) is 2. The van der Waals surface area contributed by atoms with E-state index in [2.05, 4.69) is 0 Å². The smallest absolute Gasteiger partial charge is 0.253 e. The average molecular weight is 281 g/mol. The van der Waals surface area contributed by atoms with Crippen LogP contribution in [0.25, 0.3) is 0 Å². The fraction of sp³-hybridized carbons (Fsp3) is 0.278. The number of amides is 1. The number of para-hydroxylation sites is 1. The van der Waals surface area contributed by atoms with Crippen molar-refractivity contribution in [3.8, 4) is 5.75 Å². The molecule has 1 unspecified atom stereocenters. The van der Waals surface area contributed by atoms with Gasteiger partial charge in [-0.2, -0.15) is 0 Å². The maximum absolute atomic E-state index is 12.4.